The Bertz CT molecular complexity index is 1320. The summed E-state index contributed by atoms with van der Waals surface area (Å²) in [7, 11) is 0. The number of benzene rings is 3. The van der Waals surface area contributed by atoms with Crippen molar-refractivity contribution < 1.29 is 9.47 Å². The van der Waals surface area contributed by atoms with Gasteiger partial charge in [0.15, 0.2) is 11.5 Å². The molecule has 0 atom stereocenters. The van der Waals surface area contributed by atoms with Gasteiger partial charge >= 0.3 is 0 Å². The average Bonchev–Trinajstić information content (AvgIpc) is 2.85. The van der Waals surface area contributed by atoms with Crippen molar-refractivity contribution in [2.75, 3.05) is 12.0 Å². The lowest BCUT2D eigenvalue weighted by Gasteiger charge is -2.13. The van der Waals surface area contributed by atoms with E-state index in [9.17, 15) is 4.79 Å². The number of ether oxygens (including phenoxy) is 2. The van der Waals surface area contributed by atoms with Crippen LogP contribution in [-0.2, 0) is 6.61 Å². The molecule has 7 nitrogen and oxygen atoms in total. The highest BCUT2D eigenvalue weighted by Crippen LogP contribution is 2.29. The van der Waals surface area contributed by atoms with Crippen molar-refractivity contribution >= 4 is 12.2 Å². The molecule has 0 bridgehead atoms. The van der Waals surface area contributed by atoms with Crippen LogP contribution in [0.2, 0.25) is 0 Å². The highest BCUT2D eigenvalue weighted by atomic mass is 16.5. The molecule has 3 aromatic carbocycles. The molecule has 34 heavy (non-hydrogen) atoms. The average molecular weight is 455 g/mol. The van der Waals surface area contributed by atoms with Crippen molar-refractivity contribution in [2.45, 2.75) is 20.5 Å². The molecule has 4 rings (SSSR count). The van der Waals surface area contributed by atoms with Crippen LogP contribution in [0.5, 0.6) is 11.5 Å². The molecule has 0 aliphatic heterocycles. The number of H-pyrrole nitrogens is 1. The maximum absolute atomic E-state index is 12.0. The van der Waals surface area contributed by atoms with Gasteiger partial charge in [-0.25, -0.2) is 10.4 Å². The Hall–Kier alpha value is -4.39. The summed E-state index contributed by atoms with van der Waals surface area (Å²) < 4.78 is 11.7. The Morgan fingerprint density at radius 3 is 2.53 bits per heavy atom. The van der Waals surface area contributed by atoms with Crippen molar-refractivity contribution in [3.63, 3.8) is 0 Å². The van der Waals surface area contributed by atoms with Crippen LogP contribution >= 0.6 is 0 Å². The topological polar surface area (TPSA) is 88.6 Å². The van der Waals surface area contributed by atoms with Crippen molar-refractivity contribution in [3.8, 4) is 22.8 Å². The van der Waals surface area contributed by atoms with Gasteiger partial charge in [0, 0.05) is 11.6 Å². The number of nitrogens with one attached hydrogen (secondary N) is 2. The number of rotatable bonds is 9. The molecule has 0 fully saturated rings. The van der Waals surface area contributed by atoms with Crippen LogP contribution in [0.3, 0.4) is 0 Å². The van der Waals surface area contributed by atoms with E-state index >= 15 is 0 Å². The third kappa shape index (κ3) is 6.10. The lowest BCUT2D eigenvalue weighted by Crippen LogP contribution is -2.10. The zero-order chi connectivity index (χ0) is 23.8. The maximum atomic E-state index is 12.0. The Balaban J connectivity index is 1.45. The van der Waals surface area contributed by atoms with Gasteiger partial charge < -0.3 is 9.47 Å². The van der Waals surface area contributed by atoms with Crippen LogP contribution in [0.25, 0.3) is 11.3 Å². The Labute approximate surface area is 198 Å². The van der Waals surface area contributed by atoms with Crippen molar-refractivity contribution in [2.24, 2.45) is 5.10 Å². The molecule has 0 saturated heterocycles. The molecule has 4 aromatic rings. The summed E-state index contributed by atoms with van der Waals surface area (Å²) in [5.74, 6) is 1.55. The molecule has 1 heterocycles. The van der Waals surface area contributed by atoms with Gasteiger partial charge in [-0.1, -0.05) is 60.2 Å². The molecule has 0 unspecified atom stereocenters. The molecular formula is C27H26N4O3. The first-order valence-electron chi connectivity index (χ1n) is 11.0. The monoisotopic (exact) mass is 454 g/mol. The number of anilines is 1. The van der Waals surface area contributed by atoms with Crippen molar-refractivity contribution in [1.82, 2.24) is 9.97 Å². The third-order valence-electron chi connectivity index (χ3n) is 4.98. The van der Waals surface area contributed by atoms with E-state index in [4.69, 9.17) is 9.47 Å². The quantitative estimate of drug-likeness (QED) is 0.269. The minimum absolute atomic E-state index is 0.255. The lowest BCUT2D eigenvalue weighted by molar-refractivity contribution is 0.269. The van der Waals surface area contributed by atoms with Crippen LogP contribution in [-0.4, -0.2) is 22.8 Å². The van der Waals surface area contributed by atoms with E-state index in [2.05, 4.69) is 39.6 Å². The summed E-state index contributed by atoms with van der Waals surface area (Å²) in [6, 6.07) is 24.8. The van der Waals surface area contributed by atoms with Crippen LogP contribution in [0.4, 0.5) is 5.95 Å². The van der Waals surface area contributed by atoms with Gasteiger partial charge in [0.25, 0.3) is 5.56 Å². The summed E-state index contributed by atoms with van der Waals surface area (Å²) in [6.07, 6.45) is 1.63. The second kappa shape index (κ2) is 11.0. The Kier molecular flexibility index (Phi) is 7.35. The van der Waals surface area contributed by atoms with Gasteiger partial charge in [0.05, 0.1) is 18.5 Å². The van der Waals surface area contributed by atoms with Crippen LogP contribution in [0.15, 0.2) is 88.8 Å². The first-order chi connectivity index (χ1) is 16.6. The fraction of sp³-hybridized carbons (Fsp3) is 0.148. The number of hydrogen-bond acceptors (Lipinski definition) is 6. The Morgan fingerprint density at radius 1 is 0.971 bits per heavy atom. The molecule has 2 N–H and O–H groups in total. The van der Waals surface area contributed by atoms with Crippen LogP contribution in [0.1, 0.15) is 23.6 Å². The smallest absolute Gasteiger partial charge is 0.252 e. The number of aromatic nitrogens is 2. The summed E-state index contributed by atoms with van der Waals surface area (Å²) in [5.41, 5.74) is 7.05. The van der Waals surface area contributed by atoms with E-state index in [-0.39, 0.29) is 11.5 Å². The standard InChI is InChI=1S/C27H26N4O3/c1-3-33-25-15-21(13-14-24(25)34-18-20-11-9-19(2)10-12-20)17-28-31-27-29-23(16-26(32)30-27)22-7-5-4-6-8-22/h4-17H,3,18H2,1-2H3,(H2,29,30,31,32)/b28-17-. The normalized spacial score (nSPS) is 10.9. The van der Waals surface area contributed by atoms with E-state index in [0.29, 0.717) is 30.4 Å². The van der Waals surface area contributed by atoms with E-state index in [1.165, 1.54) is 11.6 Å². The van der Waals surface area contributed by atoms with Crippen molar-refractivity contribution in [3.05, 3.63) is 106 Å². The fourth-order valence-electron chi connectivity index (χ4n) is 3.27. The zero-order valence-electron chi connectivity index (χ0n) is 19.1. The maximum Gasteiger partial charge on any atom is 0.252 e. The van der Waals surface area contributed by atoms with E-state index in [0.717, 1.165) is 16.7 Å². The molecule has 0 amide bonds. The van der Waals surface area contributed by atoms with E-state index in [1.54, 1.807) is 6.21 Å². The van der Waals surface area contributed by atoms with E-state index < -0.39 is 0 Å². The molecule has 0 radical (unpaired) electrons. The first kappa shape index (κ1) is 22.8. The molecular weight excluding hydrogens is 428 g/mol. The van der Waals surface area contributed by atoms with Crippen LogP contribution < -0.4 is 20.5 Å². The van der Waals surface area contributed by atoms with Gasteiger partial charge in [-0.05, 0) is 43.2 Å². The minimum Gasteiger partial charge on any atom is -0.490 e. The van der Waals surface area contributed by atoms with Gasteiger partial charge in [-0.3, -0.25) is 9.78 Å². The molecule has 7 heteroatoms. The highest BCUT2D eigenvalue weighted by Gasteiger charge is 2.07. The van der Waals surface area contributed by atoms with E-state index in [1.807, 2.05) is 67.6 Å². The molecule has 172 valence electrons. The lowest BCUT2D eigenvalue weighted by atomic mass is 10.1. The van der Waals surface area contributed by atoms with Gasteiger partial charge in [0.2, 0.25) is 5.95 Å². The summed E-state index contributed by atoms with van der Waals surface area (Å²) >= 11 is 0. The van der Waals surface area contributed by atoms with Gasteiger partial charge in [0.1, 0.15) is 6.61 Å². The highest BCUT2D eigenvalue weighted by molar-refractivity contribution is 5.81. The predicted octanol–water partition coefficient (Wildman–Crippen LogP) is 5.17. The number of hydrazone groups is 1. The molecule has 1 aromatic heterocycles. The second-order valence-corrected chi connectivity index (χ2v) is 7.63. The van der Waals surface area contributed by atoms with Gasteiger partial charge in [-0.2, -0.15) is 5.10 Å². The number of aryl methyl sites for hydroxylation is 1. The number of aromatic amines is 1. The SMILES string of the molecule is CCOc1cc(/C=N\Nc2nc(-c3ccccc3)cc(=O)[nH]2)ccc1OCc1ccc(C)cc1. The number of hydrogen-bond donors (Lipinski definition) is 2. The second-order valence-electron chi connectivity index (χ2n) is 7.63. The minimum atomic E-state index is -0.264. The number of nitrogens with zero attached hydrogens (tertiary/aromatic N) is 2. The third-order valence-corrected chi connectivity index (χ3v) is 4.98. The molecule has 0 spiro atoms. The summed E-state index contributed by atoms with van der Waals surface area (Å²) in [6.45, 7) is 4.94. The zero-order valence-corrected chi connectivity index (χ0v) is 19.1. The van der Waals surface area contributed by atoms with Crippen LogP contribution in [0, 0.1) is 6.92 Å². The summed E-state index contributed by atoms with van der Waals surface area (Å²) in [5, 5.41) is 4.22. The molecule has 0 aliphatic carbocycles. The molecule has 0 saturated carbocycles. The molecule has 0 aliphatic rings. The van der Waals surface area contributed by atoms with Crippen molar-refractivity contribution in [1.29, 1.82) is 0 Å². The first-order valence-corrected chi connectivity index (χ1v) is 11.0. The largest absolute Gasteiger partial charge is 0.490 e. The summed E-state index contributed by atoms with van der Waals surface area (Å²) in [4.78, 5) is 19.1. The fourth-order valence-corrected chi connectivity index (χ4v) is 3.27. The predicted molar refractivity (Wildman–Crippen MR) is 135 cm³/mol. The van der Waals surface area contributed by atoms with Gasteiger partial charge in [-0.15, -0.1) is 0 Å². The Morgan fingerprint density at radius 2 is 1.76 bits per heavy atom.